The Hall–Kier alpha value is -2.78. The van der Waals surface area contributed by atoms with Gasteiger partial charge in [-0.1, -0.05) is 42.1 Å². The maximum absolute atomic E-state index is 12.2. The molecule has 7 nitrogen and oxygen atoms in total. The van der Waals surface area contributed by atoms with Crippen molar-refractivity contribution < 1.29 is 9.21 Å². The number of thioether (sulfide) groups is 2. The van der Waals surface area contributed by atoms with Crippen LogP contribution in [0.25, 0.3) is 22.5 Å². The van der Waals surface area contributed by atoms with Crippen LogP contribution in [0.15, 0.2) is 63.1 Å². The number of fused-ring (bicyclic) bond motifs is 1. The first kappa shape index (κ1) is 17.6. The Morgan fingerprint density at radius 3 is 2.85 bits per heavy atom. The normalized spacial score (nSPS) is 11.0. The molecule has 0 fully saturated rings. The molecule has 1 amide bonds. The monoisotopic (exact) mass is 397 g/mol. The third kappa shape index (κ3) is 3.83. The maximum atomic E-state index is 12.2. The van der Waals surface area contributed by atoms with Gasteiger partial charge < -0.3 is 9.73 Å². The summed E-state index contributed by atoms with van der Waals surface area (Å²) in [5.41, 5.74) is 2.29. The van der Waals surface area contributed by atoms with E-state index in [0.717, 1.165) is 21.5 Å². The standard InChI is InChI=1S/C18H15N5O2S2/c1-26-14-9-5-4-8-13(14)19-15(24)10-27-18-23-22-17(25-18)16-11-6-2-3-7-12(11)20-21-16/h2-9H,10H2,1H3,(H,19,24)(H,20,21). The van der Waals surface area contributed by atoms with Gasteiger partial charge in [0, 0.05) is 10.3 Å². The van der Waals surface area contributed by atoms with Crippen molar-refractivity contribution in [2.45, 2.75) is 10.1 Å². The van der Waals surface area contributed by atoms with Gasteiger partial charge in [0.2, 0.25) is 5.91 Å². The summed E-state index contributed by atoms with van der Waals surface area (Å²) < 4.78 is 5.66. The first-order chi connectivity index (χ1) is 13.2. The fourth-order valence-corrected chi connectivity index (χ4v) is 3.67. The van der Waals surface area contributed by atoms with Gasteiger partial charge >= 0.3 is 0 Å². The van der Waals surface area contributed by atoms with Crippen molar-refractivity contribution in [1.29, 1.82) is 0 Å². The third-order valence-electron chi connectivity index (χ3n) is 3.79. The fourth-order valence-electron chi connectivity index (χ4n) is 2.55. The molecule has 2 N–H and O–H groups in total. The summed E-state index contributed by atoms with van der Waals surface area (Å²) in [5, 5.41) is 19.3. The molecule has 0 spiro atoms. The van der Waals surface area contributed by atoms with Crippen molar-refractivity contribution in [3.05, 3.63) is 48.5 Å². The summed E-state index contributed by atoms with van der Waals surface area (Å²) in [6.45, 7) is 0. The molecule has 0 aliphatic rings. The number of amides is 1. The number of hydrogen-bond donors (Lipinski definition) is 2. The molecule has 0 unspecified atom stereocenters. The molecular weight excluding hydrogens is 382 g/mol. The number of aromatic nitrogens is 4. The highest BCUT2D eigenvalue weighted by molar-refractivity contribution is 7.99. The molecule has 136 valence electrons. The number of carbonyl (C=O) groups excluding carboxylic acids is 1. The predicted octanol–water partition coefficient (Wildman–Crippen LogP) is 4.07. The van der Waals surface area contributed by atoms with Crippen molar-refractivity contribution in [3.63, 3.8) is 0 Å². The molecule has 0 aliphatic carbocycles. The number of anilines is 1. The second kappa shape index (κ2) is 7.85. The summed E-state index contributed by atoms with van der Waals surface area (Å²) in [7, 11) is 0. The van der Waals surface area contributed by atoms with Crippen LogP contribution in [0.5, 0.6) is 0 Å². The maximum Gasteiger partial charge on any atom is 0.277 e. The van der Waals surface area contributed by atoms with E-state index in [4.69, 9.17) is 4.42 Å². The Morgan fingerprint density at radius 1 is 1.15 bits per heavy atom. The number of nitrogens with zero attached hydrogens (tertiary/aromatic N) is 3. The van der Waals surface area contributed by atoms with E-state index in [-0.39, 0.29) is 11.7 Å². The van der Waals surface area contributed by atoms with Crippen LogP contribution in [-0.4, -0.2) is 38.3 Å². The van der Waals surface area contributed by atoms with Crippen LogP contribution in [0.1, 0.15) is 0 Å². The lowest BCUT2D eigenvalue weighted by molar-refractivity contribution is -0.113. The molecule has 0 saturated carbocycles. The number of nitrogens with one attached hydrogen (secondary N) is 2. The van der Waals surface area contributed by atoms with Crippen LogP contribution >= 0.6 is 23.5 Å². The Morgan fingerprint density at radius 2 is 1.96 bits per heavy atom. The summed E-state index contributed by atoms with van der Waals surface area (Å²) in [4.78, 5) is 13.2. The second-order valence-corrected chi connectivity index (χ2v) is 7.30. The lowest BCUT2D eigenvalue weighted by Crippen LogP contribution is -2.14. The van der Waals surface area contributed by atoms with Gasteiger partial charge in [0.05, 0.1) is 17.0 Å². The van der Waals surface area contributed by atoms with E-state index < -0.39 is 0 Å². The zero-order valence-corrected chi connectivity index (χ0v) is 15.9. The van der Waals surface area contributed by atoms with Crippen molar-refractivity contribution in [2.24, 2.45) is 0 Å². The molecule has 2 aromatic heterocycles. The van der Waals surface area contributed by atoms with E-state index in [1.165, 1.54) is 11.8 Å². The smallest absolute Gasteiger partial charge is 0.277 e. The Kier molecular flexibility index (Phi) is 5.12. The molecule has 0 radical (unpaired) electrons. The minimum Gasteiger partial charge on any atom is -0.409 e. The molecule has 27 heavy (non-hydrogen) atoms. The lowest BCUT2D eigenvalue weighted by Gasteiger charge is -2.08. The van der Waals surface area contributed by atoms with E-state index in [1.54, 1.807) is 11.8 Å². The van der Waals surface area contributed by atoms with Gasteiger partial charge in [0.1, 0.15) is 0 Å². The molecule has 4 rings (SSSR count). The number of para-hydroxylation sites is 2. The van der Waals surface area contributed by atoms with Gasteiger partial charge in [-0.3, -0.25) is 9.89 Å². The van der Waals surface area contributed by atoms with Crippen molar-refractivity contribution in [3.8, 4) is 11.6 Å². The highest BCUT2D eigenvalue weighted by Gasteiger charge is 2.16. The van der Waals surface area contributed by atoms with Crippen LogP contribution in [0, 0.1) is 0 Å². The number of rotatable bonds is 6. The lowest BCUT2D eigenvalue weighted by atomic mass is 10.2. The second-order valence-electron chi connectivity index (χ2n) is 5.53. The average Bonchev–Trinajstić information content (AvgIpc) is 3.33. The molecule has 0 bridgehead atoms. The molecule has 0 saturated heterocycles. The minimum atomic E-state index is -0.133. The average molecular weight is 397 g/mol. The minimum absolute atomic E-state index is 0.133. The topological polar surface area (TPSA) is 96.7 Å². The zero-order chi connectivity index (χ0) is 18.6. The largest absolute Gasteiger partial charge is 0.409 e. The first-order valence-electron chi connectivity index (χ1n) is 8.07. The van der Waals surface area contributed by atoms with Crippen LogP contribution in [0.3, 0.4) is 0 Å². The van der Waals surface area contributed by atoms with Gasteiger partial charge in [-0.15, -0.1) is 22.0 Å². The van der Waals surface area contributed by atoms with E-state index in [1.807, 2.05) is 54.8 Å². The van der Waals surface area contributed by atoms with Gasteiger partial charge in [0.25, 0.3) is 11.1 Å². The molecule has 4 aromatic rings. The number of aromatic amines is 1. The molecule has 2 heterocycles. The quantitative estimate of drug-likeness (QED) is 0.473. The molecule has 0 atom stereocenters. The van der Waals surface area contributed by atoms with E-state index >= 15 is 0 Å². The van der Waals surface area contributed by atoms with Gasteiger partial charge in [-0.05, 0) is 24.5 Å². The van der Waals surface area contributed by atoms with Crippen LogP contribution < -0.4 is 5.32 Å². The summed E-state index contributed by atoms with van der Waals surface area (Å²) in [6, 6.07) is 15.4. The molecule has 0 aliphatic heterocycles. The van der Waals surface area contributed by atoms with Gasteiger partial charge in [-0.2, -0.15) is 5.10 Å². The van der Waals surface area contributed by atoms with E-state index in [9.17, 15) is 4.79 Å². The van der Waals surface area contributed by atoms with Crippen molar-refractivity contribution in [2.75, 3.05) is 17.3 Å². The predicted molar refractivity (Wildman–Crippen MR) is 107 cm³/mol. The van der Waals surface area contributed by atoms with Crippen molar-refractivity contribution in [1.82, 2.24) is 20.4 Å². The van der Waals surface area contributed by atoms with Gasteiger partial charge in [0.15, 0.2) is 5.69 Å². The highest BCUT2D eigenvalue weighted by atomic mass is 32.2. The SMILES string of the molecule is CSc1ccccc1NC(=O)CSc1nnc(-c2n[nH]c3ccccc23)o1. The summed E-state index contributed by atoms with van der Waals surface area (Å²) in [6.07, 6.45) is 1.97. The summed E-state index contributed by atoms with van der Waals surface area (Å²) >= 11 is 2.77. The molecular formula is C18H15N5O2S2. The zero-order valence-electron chi connectivity index (χ0n) is 14.3. The number of benzene rings is 2. The van der Waals surface area contributed by atoms with E-state index in [2.05, 4.69) is 25.7 Å². The summed E-state index contributed by atoms with van der Waals surface area (Å²) in [5.74, 6) is 0.362. The molecule has 9 heteroatoms. The first-order valence-corrected chi connectivity index (χ1v) is 10.3. The third-order valence-corrected chi connectivity index (χ3v) is 5.40. The highest BCUT2D eigenvalue weighted by Crippen LogP contribution is 2.28. The van der Waals surface area contributed by atoms with Crippen molar-refractivity contribution >= 4 is 46.0 Å². The number of hydrogen-bond acceptors (Lipinski definition) is 7. The number of carbonyl (C=O) groups is 1. The van der Waals surface area contributed by atoms with Gasteiger partial charge in [-0.25, -0.2) is 0 Å². The van der Waals surface area contributed by atoms with Crippen LogP contribution in [-0.2, 0) is 4.79 Å². The Bertz CT molecular complexity index is 1090. The number of H-pyrrole nitrogens is 1. The van der Waals surface area contributed by atoms with Crippen LogP contribution in [0.4, 0.5) is 5.69 Å². The Balaban J connectivity index is 1.42. The van der Waals surface area contributed by atoms with Crippen LogP contribution in [0.2, 0.25) is 0 Å². The Labute approximate surface area is 163 Å². The van der Waals surface area contributed by atoms with E-state index in [0.29, 0.717) is 16.8 Å². The molecule has 2 aromatic carbocycles. The fraction of sp³-hybridized carbons (Fsp3) is 0.111.